The fraction of sp³-hybridized carbons (Fsp3) is 1.00. The number of aliphatic hydroxyl groups excluding tert-OH is 1. The molecule has 3 nitrogen and oxygen atoms in total. The van der Waals surface area contributed by atoms with E-state index in [2.05, 4.69) is 18.7 Å². The number of nitrogens with zero attached hydrogens (tertiary/aromatic N) is 1. The maximum Gasteiger partial charge on any atom is 0.0474 e. The third-order valence-electron chi connectivity index (χ3n) is 3.83. The third kappa shape index (κ3) is 4.04. The van der Waals surface area contributed by atoms with Gasteiger partial charge in [0.2, 0.25) is 0 Å². The molecule has 0 aromatic carbocycles. The normalized spacial score (nSPS) is 25.9. The lowest BCUT2D eigenvalue weighted by Gasteiger charge is -2.44. The summed E-state index contributed by atoms with van der Waals surface area (Å²) >= 11 is 0. The van der Waals surface area contributed by atoms with Gasteiger partial charge >= 0.3 is 0 Å². The molecule has 1 atom stereocenters. The molecule has 0 aliphatic carbocycles. The van der Waals surface area contributed by atoms with E-state index in [9.17, 15) is 0 Å². The smallest absolute Gasteiger partial charge is 0.0474 e. The minimum atomic E-state index is 0.331. The van der Waals surface area contributed by atoms with E-state index in [-0.39, 0.29) is 0 Å². The van der Waals surface area contributed by atoms with E-state index in [1.807, 2.05) is 0 Å². The van der Waals surface area contributed by atoms with Gasteiger partial charge in [-0.1, -0.05) is 13.8 Å². The molecule has 1 unspecified atom stereocenters. The Kier molecular flexibility index (Phi) is 5.73. The van der Waals surface area contributed by atoms with Gasteiger partial charge < -0.3 is 14.7 Å². The summed E-state index contributed by atoms with van der Waals surface area (Å²) in [5.41, 5.74) is 0.341. The first-order valence-electron chi connectivity index (χ1n) is 6.42. The minimum Gasteiger partial charge on any atom is -0.396 e. The lowest BCUT2D eigenvalue weighted by atomic mass is 9.72. The zero-order valence-corrected chi connectivity index (χ0v) is 11.0. The topological polar surface area (TPSA) is 32.7 Å². The van der Waals surface area contributed by atoms with Crippen molar-refractivity contribution in [3.8, 4) is 0 Å². The predicted molar refractivity (Wildman–Crippen MR) is 66.5 cm³/mol. The Morgan fingerprint density at radius 3 is 2.75 bits per heavy atom. The second-order valence-corrected chi connectivity index (χ2v) is 5.61. The van der Waals surface area contributed by atoms with E-state index >= 15 is 0 Å². The van der Waals surface area contributed by atoms with Gasteiger partial charge in [0.25, 0.3) is 0 Å². The van der Waals surface area contributed by atoms with Crippen LogP contribution < -0.4 is 0 Å². The largest absolute Gasteiger partial charge is 0.396 e. The standard InChI is InChI=1S/C13H27NO2/c1-13(2)11-14(7-4-10-16-3)8-5-12(13)6-9-15/h12,15H,4-11H2,1-3H3. The first-order valence-corrected chi connectivity index (χ1v) is 6.42. The molecule has 1 saturated heterocycles. The third-order valence-corrected chi connectivity index (χ3v) is 3.83. The van der Waals surface area contributed by atoms with E-state index in [1.54, 1.807) is 7.11 Å². The molecule has 96 valence electrons. The average Bonchev–Trinajstić information content (AvgIpc) is 2.22. The summed E-state index contributed by atoms with van der Waals surface area (Å²) in [5.74, 6) is 0.677. The molecular weight excluding hydrogens is 202 g/mol. The van der Waals surface area contributed by atoms with E-state index in [0.29, 0.717) is 17.9 Å². The molecule has 0 radical (unpaired) electrons. The lowest BCUT2D eigenvalue weighted by Crippen LogP contribution is -2.46. The van der Waals surface area contributed by atoms with Crippen molar-refractivity contribution < 1.29 is 9.84 Å². The summed E-state index contributed by atoms with van der Waals surface area (Å²) in [5, 5.41) is 9.06. The molecule has 1 rings (SSSR count). The summed E-state index contributed by atoms with van der Waals surface area (Å²) < 4.78 is 5.08. The molecule has 1 N–H and O–H groups in total. The van der Waals surface area contributed by atoms with Crippen LogP contribution in [-0.4, -0.2) is 50.0 Å². The fourth-order valence-electron chi connectivity index (χ4n) is 2.83. The summed E-state index contributed by atoms with van der Waals surface area (Å²) in [4.78, 5) is 2.53. The van der Waals surface area contributed by atoms with Crippen LogP contribution in [0.1, 0.15) is 33.1 Å². The van der Waals surface area contributed by atoms with E-state index in [0.717, 1.165) is 32.5 Å². The van der Waals surface area contributed by atoms with Crippen molar-refractivity contribution in [2.75, 3.05) is 40.0 Å². The maximum atomic E-state index is 9.06. The zero-order valence-electron chi connectivity index (χ0n) is 11.0. The van der Waals surface area contributed by atoms with Crippen molar-refractivity contribution in [3.63, 3.8) is 0 Å². The number of methoxy groups -OCH3 is 1. The van der Waals surface area contributed by atoms with Gasteiger partial charge in [-0.2, -0.15) is 0 Å². The fourth-order valence-corrected chi connectivity index (χ4v) is 2.83. The maximum absolute atomic E-state index is 9.06. The monoisotopic (exact) mass is 229 g/mol. The highest BCUT2D eigenvalue weighted by Gasteiger charge is 2.34. The molecule has 1 aliphatic rings. The molecule has 0 aromatic rings. The van der Waals surface area contributed by atoms with Gasteiger partial charge in [0, 0.05) is 33.4 Å². The Labute approximate surface area is 99.8 Å². The summed E-state index contributed by atoms with van der Waals surface area (Å²) in [6, 6.07) is 0. The van der Waals surface area contributed by atoms with Crippen molar-refractivity contribution in [2.45, 2.75) is 33.1 Å². The van der Waals surface area contributed by atoms with Crippen LogP contribution in [0, 0.1) is 11.3 Å². The van der Waals surface area contributed by atoms with Crippen molar-refractivity contribution in [1.82, 2.24) is 4.90 Å². The number of hydrogen-bond donors (Lipinski definition) is 1. The first kappa shape index (κ1) is 13.9. The van der Waals surface area contributed by atoms with Crippen molar-refractivity contribution >= 4 is 0 Å². The van der Waals surface area contributed by atoms with E-state index in [4.69, 9.17) is 9.84 Å². The van der Waals surface area contributed by atoms with Crippen molar-refractivity contribution in [2.24, 2.45) is 11.3 Å². The molecule has 0 spiro atoms. The van der Waals surface area contributed by atoms with Crippen LogP contribution in [0.2, 0.25) is 0 Å². The molecule has 3 heteroatoms. The molecule has 0 saturated carbocycles. The summed E-state index contributed by atoms with van der Waals surface area (Å²) in [6.45, 7) is 9.32. The van der Waals surface area contributed by atoms with Crippen LogP contribution in [0.3, 0.4) is 0 Å². The SMILES string of the molecule is COCCCN1CCC(CCO)C(C)(C)C1. The highest BCUT2D eigenvalue weighted by atomic mass is 16.5. The highest BCUT2D eigenvalue weighted by Crippen LogP contribution is 2.36. The summed E-state index contributed by atoms with van der Waals surface area (Å²) in [6.07, 6.45) is 3.30. The van der Waals surface area contributed by atoms with Crippen LogP contribution >= 0.6 is 0 Å². The molecule has 1 fully saturated rings. The highest BCUT2D eigenvalue weighted by molar-refractivity contribution is 4.86. The number of piperidine rings is 1. The van der Waals surface area contributed by atoms with E-state index in [1.165, 1.54) is 13.0 Å². The Bertz CT molecular complexity index is 194. The molecule has 0 aromatic heterocycles. The Hall–Kier alpha value is -0.120. The van der Waals surface area contributed by atoms with Gasteiger partial charge in [-0.25, -0.2) is 0 Å². The second-order valence-electron chi connectivity index (χ2n) is 5.61. The van der Waals surface area contributed by atoms with Gasteiger partial charge in [0.1, 0.15) is 0 Å². The molecule has 1 aliphatic heterocycles. The molecule has 0 amide bonds. The van der Waals surface area contributed by atoms with E-state index < -0.39 is 0 Å². The van der Waals surface area contributed by atoms with Gasteiger partial charge in [-0.05, 0) is 37.1 Å². The first-order chi connectivity index (χ1) is 7.60. The average molecular weight is 229 g/mol. The Balaban J connectivity index is 2.35. The van der Waals surface area contributed by atoms with Gasteiger partial charge in [0.15, 0.2) is 0 Å². The number of hydrogen-bond acceptors (Lipinski definition) is 3. The number of rotatable bonds is 6. The van der Waals surface area contributed by atoms with Crippen molar-refractivity contribution in [3.05, 3.63) is 0 Å². The van der Waals surface area contributed by atoms with Crippen LogP contribution in [0.5, 0.6) is 0 Å². The summed E-state index contributed by atoms with van der Waals surface area (Å²) in [7, 11) is 1.76. The van der Waals surface area contributed by atoms with Crippen LogP contribution in [0.25, 0.3) is 0 Å². The second kappa shape index (κ2) is 6.58. The van der Waals surface area contributed by atoms with Gasteiger partial charge in [-0.15, -0.1) is 0 Å². The lowest BCUT2D eigenvalue weighted by molar-refractivity contribution is 0.0362. The molecule has 16 heavy (non-hydrogen) atoms. The van der Waals surface area contributed by atoms with Crippen LogP contribution in [0.15, 0.2) is 0 Å². The quantitative estimate of drug-likeness (QED) is 0.704. The Morgan fingerprint density at radius 2 is 2.19 bits per heavy atom. The van der Waals surface area contributed by atoms with Crippen LogP contribution in [0.4, 0.5) is 0 Å². The number of ether oxygens (including phenoxy) is 1. The number of likely N-dealkylation sites (tertiary alicyclic amines) is 1. The number of aliphatic hydroxyl groups is 1. The molecule has 0 bridgehead atoms. The zero-order chi connectivity index (χ0) is 12.0. The van der Waals surface area contributed by atoms with Gasteiger partial charge in [-0.3, -0.25) is 0 Å². The predicted octanol–water partition coefficient (Wildman–Crippen LogP) is 1.75. The van der Waals surface area contributed by atoms with Crippen molar-refractivity contribution in [1.29, 1.82) is 0 Å². The van der Waals surface area contributed by atoms with Crippen LogP contribution in [-0.2, 0) is 4.74 Å². The van der Waals surface area contributed by atoms with Gasteiger partial charge in [0.05, 0.1) is 0 Å². The molecular formula is C13H27NO2. The minimum absolute atomic E-state index is 0.331. The Morgan fingerprint density at radius 1 is 1.44 bits per heavy atom. The molecule has 1 heterocycles.